The Morgan fingerprint density at radius 3 is 2.56 bits per heavy atom. The van der Waals surface area contributed by atoms with Crippen LogP contribution in [0.1, 0.15) is 58.3 Å². The summed E-state index contributed by atoms with van der Waals surface area (Å²) in [5.41, 5.74) is 0. The van der Waals surface area contributed by atoms with Crippen LogP contribution in [0, 0.1) is 11.8 Å². The van der Waals surface area contributed by atoms with Crippen molar-refractivity contribution in [2.45, 2.75) is 63.5 Å². The molecule has 0 N–H and O–H groups in total. The van der Waals surface area contributed by atoms with E-state index in [-0.39, 0.29) is 22.7 Å². The second-order valence-electron chi connectivity index (χ2n) is 6.10. The average Bonchev–Trinajstić information content (AvgIpc) is 2.72. The molecule has 0 heterocycles. The fourth-order valence-electron chi connectivity index (χ4n) is 3.37. The molecule has 2 fully saturated rings. The van der Waals surface area contributed by atoms with E-state index in [0.29, 0.717) is 18.8 Å². The van der Waals surface area contributed by atoms with Crippen molar-refractivity contribution in [1.29, 1.82) is 0 Å². The van der Waals surface area contributed by atoms with Crippen molar-refractivity contribution in [1.82, 2.24) is 0 Å². The standard InChI is InChI=1S/C14H24O3S/c1-11-4-2-6-13(10-11)18(16,17)9-8-12-5-3-7-14(12)15/h11-13H,2-10H2,1H3. The Morgan fingerprint density at radius 2 is 1.94 bits per heavy atom. The van der Waals surface area contributed by atoms with Gasteiger partial charge in [0.25, 0.3) is 0 Å². The van der Waals surface area contributed by atoms with Gasteiger partial charge in [-0.15, -0.1) is 0 Å². The summed E-state index contributed by atoms with van der Waals surface area (Å²) in [7, 11) is -2.98. The van der Waals surface area contributed by atoms with E-state index in [4.69, 9.17) is 0 Å². The number of carbonyl (C=O) groups is 1. The molecule has 3 atom stereocenters. The summed E-state index contributed by atoms with van der Waals surface area (Å²) in [5.74, 6) is 1.07. The number of rotatable bonds is 4. The molecule has 104 valence electrons. The highest BCUT2D eigenvalue weighted by molar-refractivity contribution is 7.92. The van der Waals surface area contributed by atoms with Gasteiger partial charge in [0.1, 0.15) is 5.78 Å². The zero-order chi connectivity index (χ0) is 13.2. The predicted octanol–water partition coefficient (Wildman–Crippen LogP) is 2.74. The molecule has 0 radical (unpaired) electrons. The van der Waals surface area contributed by atoms with Crippen LogP contribution in [0.5, 0.6) is 0 Å². The van der Waals surface area contributed by atoms with Crippen molar-refractivity contribution >= 4 is 15.6 Å². The Hall–Kier alpha value is -0.380. The molecule has 0 aliphatic heterocycles. The molecule has 3 nitrogen and oxygen atoms in total. The first-order chi connectivity index (χ1) is 8.49. The molecule has 0 aromatic carbocycles. The minimum Gasteiger partial charge on any atom is -0.299 e. The Morgan fingerprint density at radius 1 is 1.17 bits per heavy atom. The molecule has 2 saturated carbocycles. The number of hydrogen-bond donors (Lipinski definition) is 0. The first-order valence-electron chi connectivity index (χ1n) is 7.23. The highest BCUT2D eigenvalue weighted by Crippen LogP contribution is 2.30. The van der Waals surface area contributed by atoms with Crippen LogP contribution in [0.15, 0.2) is 0 Å². The SMILES string of the molecule is CC1CCCC(S(=O)(=O)CCC2CCCC2=O)C1. The molecular formula is C14H24O3S. The summed E-state index contributed by atoms with van der Waals surface area (Å²) in [5, 5.41) is -0.141. The molecule has 2 aliphatic rings. The largest absolute Gasteiger partial charge is 0.299 e. The fourth-order valence-corrected chi connectivity index (χ4v) is 5.46. The van der Waals surface area contributed by atoms with Crippen LogP contribution in [-0.4, -0.2) is 25.2 Å². The van der Waals surface area contributed by atoms with E-state index in [2.05, 4.69) is 6.92 Å². The first kappa shape index (κ1) is 14.0. The van der Waals surface area contributed by atoms with Gasteiger partial charge < -0.3 is 0 Å². The maximum absolute atomic E-state index is 12.3. The highest BCUT2D eigenvalue weighted by atomic mass is 32.2. The van der Waals surface area contributed by atoms with Crippen molar-refractivity contribution in [3.05, 3.63) is 0 Å². The summed E-state index contributed by atoms with van der Waals surface area (Å²) < 4.78 is 24.6. The van der Waals surface area contributed by atoms with E-state index in [0.717, 1.165) is 38.5 Å². The third kappa shape index (κ3) is 3.34. The Balaban J connectivity index is 1.88. The second kappa shape index (κ2) is 5.72. The third-order valence-corrected chi connectivity index (χ3v) is 6.83. The number of Topliss-reactive ketones (excluding diaryl/α,β-unsaturated/α-hetero) is 1. The second-order valence-corrected chi connectivity index (χ2v) is 8.51. The smallest absolute Gasteiger partial charge is 0.153 e. The normalized spacial score (nSPS) is 33.8. The first-order valence-corrected chi connectivity index (χ1v) is 8.95. The maximum Gasteiger partial charge on any atom is 0.153 e. The van der Waals surface area contributed by atoms with Gasteiger partial charge in [0, 0.05) is 12.3 Å². The summed E-state index contributed by atoms with van der Waals surface area (Å²) in [6, 6.07) is 0. The summed E-state index contributed by atoms with van der Waals surface area (Å²) >= 11 is 0. The van der Waals surface area contributed by atoms with Crippen LogP contribution in [-0.2, 0) is 14.6 Å². The molecule has 0 spiro atoms. The van der Waals surface area contributed by atoms with Crippen LogP contribution in [0.4, 0.5) is 0 Å². The van der Waals surface area contributed by atoms with E-state index < -0.39 is 9.84 Å². The van der Waals surface area contributed by atoms with Gasteiger partial charge in [-0.1, -0.05) is 19.8 Å². The maximum atomic E-state index is 12.3. The Kier molecular flexibility index (Phi) is 4.46. The Bertz CT molecular complexity index is 399. The van der Waals surface area contributed by atoms with Gasteiger partial charge in [0.15, 0.2) is 9.84 Å². The van der Waals surface area contributed by atoms with Crippen LogP contribution in [0.25, 0.3) is 0 Å². The van der Waals surface area contributed by atoms with Crippen LogP contribution < -0.4 is 0 Å². The molecule has 2 rings (SSSR count). The predicted molar refractivity (Wildman–Crippen MR) is 72.2 cm³/mol. The molecule has 0 amide bonds. The lowest BCUT2D eigenvalue weighted by molar-refractivity contribution is -0.120. The zero-order valence-corrected chi connectivity index (χ0v) is 12.0. The van der Waals surface area contributed by atoms with Gasteiger partial charge in [-0.25, -0.2) is 8.42 Å². The number of hydrogen-bond acceptors (Lipinski definition) is 3. The monoisotopic (exact) mass is 272 g/mol. The number of carbonyl (C=O) groups excluding carboxylic acids is 1. The van der Waals surface area contributed by atoms with Crippen LogP contribution in [0.3, 0.4) is 0 Å². The van der Waals surface area contributed by atoms with Gasteiger partial charge in [-0.3, -0.25) is 4.79 Å². The van der Waals surface area contributed by atoms with E-state index in [1.807, 2.05) is 0 Å². The lowest BCUT2D eigenvalue weighted by Crippen LogP contribution is -2.30. The summed E-state index contributed by atoms with van der Waals surface area (Å²) in [4.78, 5) is 11.5. The van der Waals surface area contributed by atoms with Gasteiger partial charge in [-0.05, 0) is 38.0 Å². The molecule has 0 bridgehead atoms. The van der Waals surface area contributed by atoms with Gasteiger partial charge in [0.05, 0.1) is 11.0 Å². The lowest BCUT2D eigenvalue weighted by Gasteiger charge is -2.26. The fraction of sp³-hybridized carbons (Fsp3) is 0.929. The van der Waals surface area contributed by atoms with Gasteiger partial charge in [-0.2, -0.15) is 0 Å². The topological polar surface area (TPSA) is 51.2 Å². The van der Waals surface area contributed by atoms with Crippen LogP contribution in [0.2, 0.25) is 0 Å². The minimum atomic E-state index is -2.98. The highest BCUT2D eigenvalue weighted by Gasteiger charge is 2.32. The van der Waals surface area contributed by atoms with E-state index in [1.165, 1.54) is 0 Å². The quantitative estimate of drug-likeness (QED) is 0.790. The number of sulfone groups is 1. The van der Waals surface area contributed by atoms with E-state index >= 15 is 0 Å². The van der Waals surface area contributed by atoms with E-state index in [1.54, 1.807) is 0 Å². The Labute approximate surface area is 110 Å². The van der Waals surface area contributed by atoms with Crippen LogP contribution >= 0.6 is 0 Å². The van der Waals surface area contributed by atoms with Crippen molar-refractivity contribution in [3.8, 4) is 0 Å². The lowest BCUT2D eigenvalue weighted by atomic mass is 9.91. The molecule has 2 aliphatic carbocycles. The van der Waals surface area contributed by atoms with Crippen molar-refractivity contribution < 1.29 is 13.2 Å². The molecule has 0 aromatic rings. The molecule has 3 unspecified atom stereocenters. The summed E-state index contributed by atoms with van der Waals surface area (Å²) in [6.45, 7) is 2.14. The minimum absolute atomic E-state index is 0.0285. The molecular weight excluding hydrogens is 248 g/mol. The molecule has 4 heteroatoms. The average molecular weight is 272 g/mol. The van der Waals surface area contributed by atoms with Crippen molar-refractivity contribution in [3.63, 3.8) is 0 Å². The van der Waals surface area contributed by atoms with E-state index in [9.17, 15) is 13.2 Å². The van der Waals surface area contributed by atoms with Crippen molar-refractivity contribution in [2.75, 3.05) is 5.75 Å². The van der Waals surface area contributed by atoms with Crippen molar-refractivity contribution in [2.24, 2.45) is 11.8 Å². The number of ketones is 1. The third-order valence-electron chi connectivity index (χ3n) is 4.58. The molecule has 0 aromatic heterocycles. The molecule has 18 heavy (non-hydrogen) atoms. The zero-order valence-electron chi connectivity index (χ0n) is 11.2. The molecule has 0 saturated heterocycles. The van der Waals surface area contributed by atoms with Gasteiger partial charge in [0.2, 0.25) is 0 Å². The summed E-state index contributed by atoms with van der Waals surface area (Å²) in [6.07, 6.45) is 6.91. The van der Waals surface area contributed by atoms with Gasteiger partial charge >= 0.3 is 0 Å².